The predicted octanol–water partition coefficient (Wildman–Crippen LogP) is 3.62. The lowest BCUT2D eigenvalue weighted by Gasteiger charge is -2.17. The van der Waals surface area contributed by atoms with Crippen LogP contribution in [0.5, 0.6) is 0 Å². The van der Waals surface area contributed by atoms with E-state index in [1.54, 1.807) is 6.33 Å². The maximum absolute atomic E-state index is 12.4. The van der Waals surface area contributed by atoms with Crippen LogP contribution in [0.15, 0.2) is 55.5 Å². The van der Waals surface area contributed by atoms with E-state index in [0.717, 1.165) is 5.56 Å². The summed E-state index contributed by atoms with van der Waals surface area (Å²) in [5.41, 5.74) is 1.51. The summed E-state index contributed by atoms with van der Waals surface area (Å²) in [5, 5.41) is 0. The molecule has 2 aromatic rings. The Morgan fingerprint density at radius 2 is 2.17 bits per heavy atom. The van der Waals surface area contributed by atoms with Crippen molar-refractivity contribution in [2.75, 3.05) is 0 Å². The topological polar surface area (TPSA) is 44.1 Å². The summed E-state index contributed by atoms with van der Waals surface area (Å²) in [7, 11) is 0. The van der Waals surface area contributed by atoms with Crippen molar-refractivity contribution in [3.63, 3.8) is 0 Å². The fourth-order valence-electron chi connectivity index (χ4n) is 2.22. The molecule has 0 N–H and O–H groups in total. The smallest absolute Gasteiger partial charge is 0.357 e. The van der Waals surface area contributed by atoms with Crippen molar-refractivity contribution in [2.24, 2.45) is 0 Å². The molecule has 23 heavy (non-hydrogen) atoms. The van der Waals surface area contributed by atoms with Crippen LogP contribution in [0.3, 0.4) is 0 Å². The fraction of sp³-hybridized carbons (Fsp3) is 0.263. The van der Waals surface area contributed by atoms with Gasteiger partial charge in [0.05, 0.1) is 18.6 Å². The fourth-order valence-corrected chi connectivity index (χ4v) is 2.22. The van der Waals surface area contributed by atoms with Crippen molar-refractivity contribution >= 4 is 5.97 Å². The predicted molar refractivity (Wildman–Crippen MR) is 89.9 cm³/mol. The molecule has 2 rings (SSSR count). The first-order valence-electron chi connectivity index (χ1n) is 7.57. The standard InChI is InChI=1S/C19H20N2O2/c1-4-6-12-17(5-2)23-19(22)18-13-20-14-21(18)15(3)16-10-8-7-9-11-16/h4,7-11,13-15,17H,1,5H2,2-3H3/t15-,17?/m1/s1. The van der Waals surface area contributed by atoms with Gasteiger partial charge < -0.3 is 9.30 Å². The summed E-state index contributed by atoms with van der Waals surface area (Å²) in [5.74, 6) is 5.16. The minimum atomic E-state index is -0.448. The second-order valence-corrected chi connectivity index (χ2v) is 5.07. The third kappa shape index (κ3) is 4.10. The number of imidazole rings is 1. The van der Waals surface area contributed by atoms with Gasteiger partial charge in [-0.25, -0.2) is 9.78 Å². The number of carbonyl (C=O) groups excluding carboxylic acids is 1. The number of hydrogen-bond acceptors (Lipinski definition) is 3. The summed E-state index contributed by atoms with van der Waals surface area (Å²) in [4.78, 5) is 16.5. The molecule has 118 valence electrons. The van der Waals surface area contributed by atoms with Gasteiger partial charge in [0.2, 0.25) is 0 Å². The van der Waals surface area contributed by atoms with Gasteiger partial charge in [-0.2, -0.15) is 0 Å². The molecule has 1 aromatic carbocycles. The molecule has 0 aliphatic carbocycles. The normalized spacial score (nSPS) is 12.6. The Morgan fingerprint density at radius 1 is 1.43 bits per heavy atom. The second kappa shape index (κ2) is 8.00. The number of ether oxygens (including phenoxy) is 1. The van der Waals surface area contributed by atoms with Crippen LogP contribution in [0, 0.1) is 11.8 Å². The molecule has 0 saturated heterocycles. The molecule has 0 radical (unpaired) electrons. The van der Waals surface area contributed by atoms with Crippen molar-refractivity contribution in [1.82, 2.24) is 9.55 Å². The van der Waals surface area contributed by atoms with E-state index in [2.05, 4.69) is 23.4 Å². The molecule has 1 unspecified atom stereocenters. The third-order valence-electron chi connectivity index (χ3n) is 3.54. The summed E-state index contributed by atoms with van der Waals surface area (Å²) in [6.07, 6.45) is 4.82. The van der Waals surface area contributed by atoms with Gasteiger partial charge >= 0.3 is 5.97 Å². The van der Waals surface area contributed by atoms with Gasteiger partial charge in [0.15, 0.2) is 6.10 Å². The third-order valence-corrected chi connectivity index (χ3v) is 3.54. The van der Waals surface area contributed by atoms with Gasteiger partial charge in [0.1, 0.15) is 5.69 Å². The van der Waals surface area contributed by atoms with Crippen LogP contribution in [0.4, 0.5) is 0 Å². The second-order valence-electron chi connectivity index (χ2n) is 5.07. The molecule has 0 fully saturated rings. The van der Waals surface area contributed by atoms with Crippen LogP contribution in [-0.4, -0.2) is 21.6 Å². The van der Waals surface area contributed by atoms with Crippen molar-refractivity contribution in [1.29, 1.82) is 0 Å². The Bertz CT molecular complexity index is 723. The molecule has 1 heterocycles. The van der Waals surface area contributed by atoms with Crippen LogP contribution >= 0.6 is 0 Å². The van der Waals surface area contributed by atoms with Crippen molar-refractivity contribution in [3.05, 3.63) is 66.8 Å². The van der Waals surface area contributed by atoms with Crippen LogP contribution in [0.25, 0.3) is 0 Å². The first kappa shape index (κ1) is 16.6. The van der Waals surface area contributed by atoms with Gasteiger partial charge in [-0.15, -0.1) is 0 Å². The first-order valence-corrected chi connectivity index (χ1v) is 7.57. The van der Waals surface area contributed by atoms with E-state index in [4.69, 9.17) is 4.74 Å². The van der Waals surface area contributed by atoms with Crippen molar-refractivity contribution in [3.8, 4) is 11.8 Å². The number of hydrogen-bond donors (Lipinski definition) is 0. The van der Waals surface area contributed by atoms with Crippen LogP contribution in [0.2, 0.25) is 0 Å². The Hall–Kier alpha value is -2.80. The van der Waals surface area contributed by atoms with Crippen LogP contribution in [0.1, 0.15) is 42.4 Å². The Kier molecular flexibility index (Phi) is 5.76. The minimum Gasteiger partial charge on any atom is -0.444 e. The highest BCUT2D eigenvalue weighted by Gasteiger charge is 2.20. The molecule has 0 aliphatic rings. The van der Waals surface area contributed by atoms with E-state index in [-0.39, 0.29) is 6.04 Å². The highest BCUT2D eigenvalue weighted by atomic mass is 16.5. The van der Waals surface area contributed by atoms with Gasteiger partial charge in [0, 0.05) is 0 Å². The van der Waals surface area contributed by atoms with E-state index in [9.17, 15) is 4.79 Å². The van der Waals surface area contributed by atoms with E-state index >= 15 is 0 Å². The van der Waals surface area contributed by atoms with Gasteiger partial charge in [0.25, 0.3) is 0 Å². The quantitative estimate of drug-likeness (QED) is 0.626. The maximum atomic E-state index is 12.4. The SMILES string of the molecule is C=CC#CC(CC)OC(=O)c1cncn1[C@H](C)c1ccccc1. The van der Waals surface area contributed by atoms with Crippen LogP contribution < -0.4 is 0 Å². The zero-order valence-electron chi connectivity index (χ0n) is 13.4. The summed E-state index contributed by atoms with van der Waals surface area (Å²) < 4.78 is 7.26. The van der Waals surface area contributed by atoms with Gasteiger partial charge in [-0.05, 0) is 25.0 Å². The Labute approximate surface area is 136 Å². The zero-order chi connectivity index (χ0) is 16.7. The lowest BCUT2D eigenvalue weighted by molar-refractivity contribution is 0.0391. The Balaban J connectivity index is 2.20. The van der Waals surface area contributed by atoms with Crippen molar-refractivity contribution < 1.29 is 9.53 Å². The molecule has 4 nitrogen and oxygen atoms in total. The monoisotopic (exact) mass is 308 g/mol. The largest absolute Gasteiger partial charge is 0.444 e. The lowest BCUT2D eigenvalue weighted by atomic mass is 10.1. The van der Waals surface area contributed by atoms with Gasteiger partial charge in [-0.3, -0.25) is 0 Å². The van der Waals surface area contributed by atoms with Crippen LogP contribution in [-0.2, 0) is 4.74 Å². The molecule has 0 amide bonds. The molecule has 0 saturated carbocycles. The Morgan fingerprint density at radius 3 is 2.83 bits per heavy atom. The molecule has 2 atom stereocenters. The first-order chi connectivity index (χ1) is 11.2. The molecule has 4 heteroatoms. The van der Waals surface area contributed by atoms with E-state index in [1.165, 1.54) is 12.3 Å². The van der Waals surface area contributed by atoms with E-state index < -0.39 is 12.1 Å². The molecule has 0 bridgehead atoms. The number of rotatable bonds is 5. The number of benzene rings is 1. The molecular weight excluding hydrogens is 288 g/mol. The molecule has 0 spiro atoms. The lowest BCUT2D eigenvalue weighted by Crippen LogP contribution is -2.20. The molecule has 1 aromatic heterocycles. The van der Waals surface area contributed by atoms with Gasteiger partial charge in [-0.1, -0.05) is 55.7 Å². The van der Waals surface area contributed by atoms with Crippen molar-refractivity contribution in [2.45, 2.75) is 32.4 Å². The molecule has 0 aliphatic heterocycles. The summed E-state index contributed by atoms with van der Waals surface area (Å²) >= 11 is 0. The maximum Gasteiger partial charge on any atom is 0.357 e. The number of carbonyl (C=O) groups is 1. The summed E-state index contributed by atoms with van der Waals surface area (Å²) in [6.45, 7) is 7.47. The van der Waals surface area contributed by atoms with E-state index in [0.29, 0.717) is 12.1 Å². The van der Waals surface area contributed by atoms with E-state index in [1.807, 2.05) is 48.7 Å². The number of aromatic nitrogens is 2. The highest BCUT2D eigenvalue weighted by molar-refractivity contribution is 5.87. The minimum absolute atomic E-state index is 0.0133. The highest BCUT2D eigenvalue weighted by Crippen LogP contribution is 2.20. The zero-order valence-corrected chi connectivity index (χ0v) is 13.4. The number of esters is 1. The summed E-state index contributed by atoms with van der Waals surface area (Å²) in [6, 6.07) is 9.93. The average Bonchev–Trinajstić information content (AvgIpc) is 3.08. The number of nitrogens with zero attached hydrogens (tertiary/aromatic N) is 2. The average molecular weight is 308 g/mol. The molecular formula is C19H20N2O2. The number of allylic oxidation sites excluding steroid dienone is 1.